The molecule has 0 aromatic carbocycles. The molecule has 2 atom stereocenters. The van der Waals surface area contributed by atoms with Gasteiger partial charge < -0.3 is 27.9 Å². The van der Waals surface area contributed by atoms with Gasteiger partial charge in [-0.1, -0.05) is 276 Å². The number of likely N-dealkylation sites (N-methyl/N-ethyl adjacent to an activating group) is 1. The van der Waals surface area contributed by atoms with Gasteiger partial charge in [0, 0.05) is 12.8 Å². The van der Waals surface area contributed by atoms with Gasteiger partial charge in [-0.2, -0.15) is 0 Å². The Morgan fingerprint density at radius 1 is 0.378 bits per heavy atom. The molecule has 9 nitrogen and oxygen atoms in total. The van der Waals surface area contributed by atoms with E-state index in [1.54, 1.807) is 0 Å². The lowest BCUT2D eigenvalue weighted by molar-refractivity contribution is -0.870. The standard InChI is InChI=1S/C72H122NO8P/c1-6-8-10-12-14-16-18-20-22-24-25-26-27-28-29-30-31-32-33-34-35-36-37-38-39-40-41-42-43-44-45-46-47-49-51-53-55-57-59-61-63-65-72(75)81-70(69-80-82(76,77)79-67-66-73(3,4)5)68-78-71(74)64-62-60-58-56-54-52-50-48-23-21-19-17-15-13-11-9-7-2/h8-11,14-17,20-23,25-26,28-29,31-32,50,52,56,58,70H,6-7,12-13,18-19,24,27,30,33-49,51,53-55,57,59-69H2,1-5H3/b10-8-,11-9-,16-14-,17-15-,22-20-,23-21-,26-25-,29-28-,32-31-,52-50-,58-56-. The predicted molar refractivity (Wildman–Crippen MR) is 351 cm³/mol. The number of phosphoric acid groups is 1. The maximum Gasteiger partial charge on any atom is 0.306 e. The summed E-state index contributed by atoms with van der Waals surface area (Å²) < 4.78 is 34.1. The minimum Gasteiger partial charge on any atom is -0.756 e. The van der Waals surface area contributed by atoms with Crippen LogP contribution in [0.2, 0.25) is 0 Å². The Morgan fingerprint density at radius 3 is 1.01 bits per heavy atom. The number of hydrogen-bond acceptors (Lipinski definition) is 8. The van der Waals surface area contributed by atoms with Gasteiger partial charge in [-0.05, 0) is 103 Å². The molecule has 0 fully saturated rings. The molecule has 0 aliphatic heterocycles. The Kier molecular flexibility index (Phi) is 58.8. The van der Waals surface area contributed by atoms with E-state index < -0.39 is 32.5 Å². The second-order valence-corrected chi connectivity index (χ2v) is 24.1. The second kappa shape index (κ2) is 61.7. The third kappa shape index (κ3) is 65.3. The molecule has 0 N–H and O–H groups in total. The Hall–Kier alpha value is -3.85. The van der Waals surface area contributed by atoms with Crippen molar-refractivity contribution in [1.82, 2.24) is 0 Å². The minimum atomic E-state index is -4.66. The van der Waals surface area contributed by atoms with E-state index in [2.05, 4.69) is 148 Å². The summed E-state index contributed by atoms with van der Waals surface area (Å²) in [6.45, 7) is 3.94. The summed E-state index contributed by atoms with van der Waals surface area (Å²) in [6.07, 6.45) is 89.8. The van der Waals surface area contributed by atoms with Crippen LogP contribution in [0.25, 0.3) is 0 Å². The number of carbonyl (C=O) groups excluding carboxylic acids is 2. The SMILES string of the molecule is CC/C=C\C/C=C\C/C=C\C/C=C\C/C=C\C/C=C\CCCCCCCCCCCCCCCCCCCCCCCCC(=O)OC(COC(=O)CCC/C=C\C/C=C\C/C=C\C/C=C\C/C=C\CC)COP(=O)([O-])OCC[N+](C)(C)C. The highest BCUT2D eigenvalue weighted by Gasteiger charge is 2.22. The lowest BCUT2D eigenvalue weighted by atomic mass is 10.0. The summed E-state index contributed by atoms with van der Waals surface area (Å²) in [6, 6.07) is 0. The predicted octanol–water partition coefficient (Wildman–Crippen LogP) is 20.6. The molecule has 0 saturated carbocycles. The molecule has 0 heterocycles. The van der Waals surface area contributed by atoms with Crippen LogP contribution in [-0.4, -0.2) is 70.0 Å². The van der Waals surface area contributed by atoms with Crippen molar-refractivity contribution in [3.8, 4) is 0 Å². The van der Waals surface area contributed by atoms with E-state index in [4.69, 9.17) is 18.5 Å². The molecule has 0 amide bonds. The number of phosphoric ester groups is 1. The normalized spacial score (nSPS) is 14.1. The van der Waals surface area contributed by atoms with Crippen molar-refractivity contribution in [3.05, 3.63) is 134 Å². The fourth-order valence-corrected chi connectivity index (χ4v) is 9.43. The summed E-state index contributed by atoms with van der Waals surface area (Å²) in [5, 5.41) is 0. The fraction of sp³-hybridized carbons (Fsp3) is 0.667. The van der Waals surface area contributed by atoms with Crippen LogP contribution in [0.1, 0.15) is 258 Å². The van der Waals surface area contributed by atoms with Crippen molar-refractivity contribution < 1.29 is 42.1 Å². The minimum absolute atomic E-state index is 0.0440. The number of unbranched alkanes of at least 4 members (excludes halogenated alkanes) is 23. The number of quaternary nitrogens is 1. The molecule has 2 unspecified atom stereocenters. The van der Waals surface area contributed by atoms with Crippen LogP contribution >= 0.6 is 7.82 Å². The van der Waals surface area contributed by atoms with Gasteiger partial charge in [-0.15, -0.1) is 0 Å². The zero-order valence-electron chi connectivity index (χ0n) is 53.1. The maximum absolute atomic E-state index is 12.8. The van der Waals surface area contributed by atoms with Crippen molar-refractivity contribution in [2.24, 2.45) is 0 Å². The molecule has 0 saturated heterocycles. The lowest BCUT2D eigenvalue weighted by Gasteiger charge is -2.28. The van der Waals surface area contributed by atoms with Gasteiger partial charge in [0.25, 0.3) is 7.82 Å². The number of esters is 2. The molecule has 0 aromatic rings. The van der Waals surface area contributed by atoms with Gasteiger partial charge in [0.2, 0.25) is 0 Å². The van der Waals surface area contributed by atoms with E-state index in [1.807, 2.05) is 21.1 Å². The van der Waals surface area contributed by atoms with Gasteiger partial charge in [-0.3, -0.25) is 14.2 Å². The fourth-order valence-electron chi connectivity index (χ4n) is 8.70. The van der Waals surface area contributed by atoms with E-state index in [1.165, 1.54) is 122 Å². The second-order valence-electron chi connectivity index (χ2n) is 22.7. The summed E-state index contributed by atoms with van der Waals surface area (Å²) >= 11 is 0. The van der Waals surface area contributed by atoms with Gasteiger partial charge in [0.05, 0.1) is 27.7 Å². The molecule has 468 valence electrons. The molecular formula is C72H122NO8P. The van der Waals surface area contributed by atoms with E-state index in [0.717, 1.165) is 96.3 Å². The van der Waals surface area contributed by atoms with Gasteiger partial charge in [-0.25, -0.2) is 0 Å². The van der Waals surface area contributed by atoms with Gasteiger partial charge in [0.1, 0.15) is 19.8 Å². The van der Waals surface area contributed by atoms with Gasteiger partial charge >= 0.3 is 11.9 Å². The quantitative estimate of drug-likeness (QED) is 0.0195. The van der Waals surface area contributed by atoms with Crippen molar-refractivity contribution in [3.63, 3.8) is 0 Å². The molecule has 0 aliphatic rings. The van der Waals surface area contributed by atoms with Crippen LogP contribution < -0.4 is 4.89 Å². The largest absolute Gasteiger partial charge is 0.756 e. The Balaban J connectivity index is 3.99. The smallest absolute Gasteiger partial charge is 0.306 e. The number of hydrogen-bond donors (Lipinski definition) is 0. The summed E-state index contributed by atoms with van der Waals surface area (Å²) in [4.78, 5) is 37.9. The zero-order chi connectivity index (χ0) is 59.8. The highest BCUT2D eigenvalue weighted by Crippen LogP contribution is 2.38. The van der Waals surface area contributed by atoms with Crippen LogP contribution in [0.3, 0.4) is 0 Å². The number of carbonyl (C=O) groups is 2. The van der Waals surface area contributed by atoms with Crippen LogP contribution in [0.5, 0.6) is 0 Å². The van der Waals surface area contributed by atoms with E-state index in [0.29, 0.717) is 23.9 Å². The molecule has 0 aromatic heterocycles. The number of nitrogens with zero attached hydrogens (tertiary/aromatic N) is 1. The number of ether oxygens (including phenoxy) is 2. The summed E-state index contributed by atoms with van der Waals surface area (Å²) in [7, 11) is 1.13. The summed E-state index contributed by atoms with van der Waals surface area (Å²) in [5.74, 6) is -0.902. The summed E-state index contributed by atoms with van der Waals surface area (Å²) in [5.41, 5.74) is 0. The monoisotopic (exact) mass is 1160 g/mol. The van der Waals surface area contributed by atoms with Crippen LogP contribution in [-0.2, 0) is 32.7 Å². The molecule has 0 aliphatic carbocycles. The third-order valence-corrected chi connectivity index (χ3v) is 14.6. The van der Waals surface area contributed by atoms with Crippen LogP contribution in [0.15, 0.2) is 134 Å². The molecular weight excluding hydrogens is 1040 g/mol. The molecule has 0 rings (SSSR count). The average molecular weight is 1160 g/mol. The molecule has 0 spiro atoms. The number of allylic oxidation sites excluding steroid dienone is 22. The van der Waals surface area contributed by atoms with Crippen LogP contribution in [0.4, 0.5) is 0 Å². The lowest BCUT2D eigenvalue weighted by Crippen LogP contribution is -2.37. The Morgan fingerprint density at radius 2 is 0.671 bits per heavy atom. The van der Waals surface area contributed by atoms with Crippen molar-refractivity contribution in [2.75, 3.05) is 47.5 Å². The third-order valence-electron chi connectivity index (χ3n) is 13.7. The zero-order valence-corrected chi connectivity index (χ0v) is 54.0. The van der Waals surface area contributed by atoms with E-state index in [-0.39, 0.29) is 26.1 Å². The highest BCUT2D eigenvalue weighted by molar-refractivity contribution is 7.45. The first-order valence-corrected chi connectivity index (χ1v) is 34.4. The topological polar surface area (TPSA) is 111 Å². The Bertz CT molecular complexity index is 1850. The van der Waals surface area contributed by atoms with Crippen molar-refractivity contribution in [2.45, 2.75) is 264 Å². The molecule has 10 heteroatoms. The first-order valence-electron chi connectivity index (χ1n) is 32.9. The highest BCUT2D eigenvalue weighted by atomic mass is 31.2. The maximum atomic E-state index is 12.8. The molecule has 0 radical (unpaired) electrons. The average Bonchev–Trinajstić information content (AvgIpc) is 3.45. The van der Waals surface area contributed by atoms with E-state index >= 15 is 0 Å². The van der Waals surface area contributed by atoms with Gasteiger partial charge in [0.15, 0.2) is 6.10 Å². The molecule has 82 heavy (non-hydrogen) atoms. The van der Waals surface area contributed by atoms with Crippen molar-refractivity contribution in [1.29, 1.82) is 0 Å². The first kappa shape index (κ1) is 78.1. The number of rotatable bonds is 59. The van der Waals surface area contributed by atoms with Crippen LogP contribution in [0, 0.1) is 0 Å². The first-order chi connectivity index (χ1) is 40.0. The van der Waals surface area contributed by atoms with Crippen molar-refractivity contribution >= 4 is 19.8 Å². The Labute approximate surface area is 504 Å². The van der Waals surface area contributed by atoms with E-state index in [9.17, 15) is 19.0 Å². The molecule has 0 bridgehead atoms.